The molecule has 4 heteroatoms. The number of thiocarbonyl (C=S) groups is 1. The lowest BCUT2D eigenvalue weighted by Crippen LogP contribution is -2.10. The average molecular weight is 297 g/mol. The van der Waals surface area contributed by atoms with Crippen LogP contribution in [-0.4, -0.2) is 11.6 Å². The third kappa shape index (κ3) is 6.44. The van der Waals surface area contributed by atoms with Crippen LogP contribution in [0.15, 0.2) is 18.2 Å². The summed E-state index contributed by atoms with van der Waals surface area (Å²) in [5.41, 5.74) is 6.56. The summed E-state index contributed by atoms with van der Waals surface area (Å²) < 4.78 is 19.2. The Morgan fingerprint density at radius 3 is 2.55 bits per heavy atom. The highest BCUT2D eigenvalue weighted by atomic mass is 32.1. The van der Waals surface area contributed by atoms with E-state index in [0.717, 1.165) is 6.42 Å². The number of ether oxygens (including phenoxy) is 1. The number of unbranched alkanes of at least 4 members (excludes halogenated alkanes) is 5. The average Bonchev–Trinajstić information content (AvgIpc) is 2.43. The van der Waals surface area contributed by atoms with Gasteiger partial charge in [-0.2, -0.15) is 0 Å². The molecule has 0 heterocycles. The van der Waals surface area contributed by atoms with Crippen molar-refractivity contribution in [1.29, 1.82) is 0 Å². The van der Waals surface area contributed by atoms with Crippen LogP contribution in [0.2, 0.25) is 0 Å². The summed E-state index contributed by atoms with van der Waals surface area (Å²) in [6.45, 7) is 3.20. The minimum Gasteiger partial charge on any atom is -0.389 e. The highest BCUT2D eigenvalue weighted by Gasteiger charge is 2.05. The van der Waals surface area contributed by atoms with Crippen LogP contribution in [0.25, 0.3) is 0 Å². The molecule has 0 atom stereocenters. The van der Waals surface area contributed by atoms with E-state index < -0.39 is 0 Å². The number of hydrogen-bond donors (Lipinski definition) is 1. The van der Waals surface area contributed by atoms with Gasteiger partial charge in [-0.25, -0.2) is 4.39 Å². The molecule has 0 aliphatic heterocycles. The first kappa shape index (κ1) is 17.1. The van der Waals surface area contributed by atoms with Crippen LogP contribution in [0.5, 0.6) is 0 Å². The fraction of sp³-hybridized carbons (Fsp3) is 0.562. The molecule has 0 saturated heterocycles. The van der Waals surface area contributed by atoms with Crippen molar-refractivity contribution in [3.05, 3.63) is 35.1 Å². The number of hydrogen-bond acceptors (Lipinski definition) is 2. The van der Waals surface area contributed by atoms with E-state index in [0.29, 0.717) is 24.3 Å². The zero-order valence-corrected chi connectivity index (χ0v) is 13.0. The molecular weight excluding hydrogens is 273 g/mol. The Labute approximate surface area is 126 Å². The lowest BCUT2D eigenvalue weighted by atomic mass is 10.1. The Morgan fingerprint density at radius 1 is 1.20 bits per heavy atom. The second kappa shape index (κ2) is 9.83. The van der Waals surface area contributed by atoms with Crippen molar-refractivity contribution in [3.63, 3.8) is 0 Å². The fourth-order valence-corrected chi connectivity index (χ4v) is 2.11. The smallest absolute Gasteiger partial charge is 0.129 e. The first-order valence-electron chi connectivity index (χ1n) is 7.31. The van der Waals surface area contributed by atoms with Crippen molar-refractivity contribution in [2.24, 2.45) is 5.73 Å². The van der Waals surface area contributed by atoms with Crippen LogP contribution in [-0.2, 0) is 11.3 Å². The summed E-state index contributed by atoms with van der Waals surface area (Å²) in [7, 11) is 0. The number of benzene rings is 1. The summed E-state index contributed by atoms with van der Waals surface area (Å²) >= 11 is 4.81. The Morgan fingerprint density at radius 2 is 1.90 bits per heavy atom. The Kier molecular flexibility index (Phi) is 8.38. The molecule has 112 valence electrons. The van der Waals surface area contributed by atoms with Crippen molar-refractivity contribution in [1.82, 2.24) is 0 Å². The molecule has 2 nitrogen and oxygen atoms in total. The van der Waals surface area contributed by atoms with Gasteiger partial charge in [0.15, 0.2) is 0 Å². The van der Waals surface area contributed by atoms with Gasteiger partial charge < -0.3 is 10.5 Å². The zero-order chi connectivity index (χ0) is 14.8. The van der Waals surface area contributed by atoms with Crippen LogP contribution in [0.3, 0.4) is 0 Å². The van der Waals surface area contributed by atoms with Gasteiger partial charge in [0.05, 0.1) is 6.61 Å². The van der Waals surface area contributed by atoms with E-state index in [1.165, 1.54) is 38.2 Å². The van der Waals surface area contributed by atoms with Crippen LogP contribution in [0.4, 0.5) is 4.39 Å². The van der Waals surface area contributed by atoms with Gasteiger partial charge in [0, 0.05) is 17.7 Å². The normalized spacial score (nSPS) is 10.7. The van der Waals surface area contributed by atoms with Gasteiger partial charge in [0.2, 0.25) is 0 Å². The first-order chi connectivity index (χ1) is 9.65. The minimum absolute atomic E-state index is 0.212. The predicted molar refractivity (Wildman–Crippen MR) is 85.3 cm³/mol. The topological polar surface area (TPSA) is 35.2 Å². The number of halogens is 1. The molecule has 1 aromatic rings. The molecule has 0 bridgehead atoms. The minimum atomic E-state index is -0.307. The molecule has 1 aromatic carbocycles. The van der Waals surface area contributed by atoms with Crippen molar-refractivity contribution in [2.75, 3.05) is 6.61 Å². The number of nitrogens with two attached hydrogens (primary N) is 1. The molecular formula is C16H24FNOS. The molecule has 0 radical (unpaired) electrons. The van der Waals surface area contributed by atoms with E-state index in [4.69, 9.17) is 22.7 Å². The maximum atomic E-state index is 13.7. The largest absolute Gasteiger partial charge is 0.389 e. The zero-order valence-electron chi connectivity index (χ0n) is 12.2. The molecule has 0 saturated carbocycles. The summed E-state index contributed by atoms with van der Waals surface area (Å²) in [4.78, 5) is 0.212. The molecule has 1 rings (SSSR count). The van der Waals surface area contributed by atoms with Gasteiger partial charge in [0.25, 0.3) is 0 Å². The van der Waals surface area contributed by atoms with E-state index in [9.17, 15) is 4.39 Å². The standard InChI is InChI=1S/C16H24FNOS/c1-2-3-4-5-6-7-10-19-12-14-9-8-13(16(18)20)11-15(14)17/h8-9,11H,2-7,10,12H2,1H3,(H2,18,20). The second-order valence-corrected chi connectivity index (χ2v) is 5.43. The SMILES string of the molecule is CCCCCCCCOCc1ccc(C(N)=S)cc1F. The third-order valence-corrected chi connectivity index (χ3v) is 3.47. The number of rotatable bonds is 10. The van der Waals surface area contributed by atoms with Gasteiger partial charge in [-0.1, -0.05) is 63.4 Å². The molecule has 0 fully saturated rings. The first-order valence-corrected chi connectivity index (χ1v) is 7.72. The van der Waals surface area contributed by atoms with E-state index in [-0.39, 0.29) is 10.8 Å². The Balaban J connectivity index is 2.20. The lowest BCUT2D eigenvalue weighted by molar-refractivity contribution is 0.114. The van der Waals surface area contributed by atoms with Crippen molar-refractivity contribution in [2.45, 2.75) is 52.1 Å². The van der Waals surface area contributed by atoms with Gasteiger partial charge in [-0.15, -0.1) is 0 Å². The third-order valence-electron chi connectivity index (χ3n) is 3.24. The lowest BCUT2D eigenvalue weighted by Gasteiger charge is -2.07. The monoisotopic (exact) mass is 297 g/mol. The predicted octanol–water partition coefficient (Wildman–Crippen LogP) is 4.34. The summed E-state index contributed by atoms with van der Waals surface area (Å²) in [5.74, 6) is -0.307. The molecule has 0 aliphatic rings. The van der Waals surface area contributed by atoms with E-state index in [1.807, 2.05) is 0 Å². The van der Waals surface area contributed by atoms with Crippen molar-refractivity contribution in [3.8, 4) is 0 Å². The molecule has 0 spiro atoms. The molecule has 0 unspecified atom stereocenters. The summed E-state index contributed by atoms with van der Waals surface area (Å²) in [6.07, 6.45) is 7.35. The quantitative estimate of drug-likeness (QED) is 0.515. The highest BCUT2D eigenvalue weighted by molar-refractivity contribution is 7.80. The maximum absolute atomic E-state index is 13.7. The molecule has 0 amide bonds. The molecule has 20 heavy (non-hydrogen) atoms. The molecule has 0 aliphatic carbocycles. The van der Waals surface area contributed by atoms with Crippen molar-refractivity contribution < 1.29 is 9.13 Å². The Bertz CT molecular complexity index is 423. The van der Waals surface area contributed by atoms with E-state index in [1.54, 1.807) is 12.1 Å². The molecule has 2 N–H and O–H groups in total. The highest BCUT2D eigenvalue weighted by Crippen LogP contribution is 2.12. The van der Waals surface area contributed by atoms with Gasteiger partial charge in [-0.3, -0.25) is 0 Å². The Hall–Kier alpha value is -1.00. The van der Waals surface area contributed by atoms with E-state index >= 15 is 0 Å². The van der Waals surface area contributed by atoms with E-state index in [2.05, 4.69) is 6.92 Å². The second-order valence-electron chi connectivity index (χ2n) is 4.99. The van der Waals surface area contributed by atoms with Crippen LogP contribution >= 0.6 is 12.2 Å². The molecule has 0 aromatic heterocycles. The van der Waals surface area contributed by atoms with Crippen molar-refractivity contribution >= 4 is 17.2 Å². The summed E-state index contributed by atoms with van der Waals surface area (Å²) in [5, 5.41) is 0. The fourth-order valence-electron chi connectivity index (χ4n) is 1.98. The van der Waals surface area contributed by atoms with Crippen LogP contribution < -0.4 is 5.73 Å². The van der Waals surface area contributed by atoms with Gasteiger partial charge >= 0.3 is 0 Å². The van der Waals surface area contributed by atoms with Gasteiger partial charge in [-0.05, 0) is 12.5 Å². The summed E-state index contributed by atoms with van der Waals surface area (Å²) in [6, 6.07) is 4.78. The van der Waals surface area contributed by atoms with Crippen LogP contribution in [0.1, 0.15) is 56.6 Å². The van der Waals surface area contributed by atoms with Gasteiger partial charge in [0.1, 0.15) is 10.8 Å². The van der Waals surface area contributed by atoms with Crippen LogP contribution in [0, 0.1) is 5.82 Å². The maximum Gasteiger partial charge on any atom is 0.129 e.